The molecule has 1 unspecified atom stereocenters. The molecule has 0 saturated heterocycles. The fourth-order valence-electron chi connectivity index (χ4n) is 3.26. The minimum atomic E-state index is -0.284. The maximum atomic E-state index is 12.5. The molecule has 0 saturated carbocycles. The quantitative estimate of drug-likeness (QED) is 0.521. The maximum Gasteiger partial charge on any atom is 0.270 e. The Morgan fingerprint density at radius 2 is 1.79 bits per heavy atom. The largest absolute Gasteiger partial charge is 0.492 e. The molecule has 2 aromatic heterocycles. The average molecular weight is 386 g/mol. The Kier molecular flexibility index (Phi) is 5.52. The summed E-state index contributed by atoms with van der Waals surface area (Å²) in [7, 11) is 0. The van der Waals surface area contributed by atoms with Crippen LogP contribution in [0.25, 0.3) is 11.0 Å². The number of amides is 1. The predicted octanol–water partition coefficient (Wildman–Crippen LogP) is 4.00. The van der Waals surface area contributed by atoms with Gasteiger partial charge in [-0.2, -0.15) is 0 Å². The molecule has 6 heteroatoms. The molecule has 0 aliphatic rings. The summed E-state index contributed by atoms with van der Waals surface area (Å²) < 4.78 is 7.97. The van der Waals surface area contributed by atoms with E-state index in [2.05, 4.69) is 14.9 Å². The van der Waals surface area contributed by atoms with Crippen molar-refractivity contribution in [1.82, 2.24) is 19.9 Å². The zero-order valence-electron chi connectivity index (χ0n) is 16.2. The van der Waals surface area contributed by atoms with Crippen LogP contribution in [0.2, 0.25) is 0 Å². The highest BCUT2D eigenvalue weighted by Gasteiger charge is 2.19. The normalized spacial score (nSPS) is 11.9. The molecule has 2 heterocycles. The van der Waals surface area contributed by atoms with E-state index in [1.54, 1.807) is 24.4 Å². The molecule has 0 bridgehead atoms. The Bertz CT molecular complexity index is 1090. The Labute approximate surface area is 169 Å². The molecule has 2 aromatic carbocycles. The van der Waals surface area contributed by atoms with Crippen LogP contribution in [0.1, 0.15) is 29.3 Å². The van der Waals surface area contributed by atoms with Crippen LogP contribution >= 0.6 is 0 Å². The van der Waals surface area contributed by atoms with Crippen LogP contribution in [0.15, 0.2) is 79.0 Å². The third-order valence-corrected chi connectivity index (χ3v) is 4.64. The van der Waals surface area contributed by atoms with Gasteiger partial charge in [-0.25, -0.2) is 4.98 Å². The Hall–Kier alpha value is -3.67. The zero-order valence-corrected chi connectivity index (χ0v) is 16.2. The number of hydrogen-bond acceptors (Lipinski definition) is 4. The number of carbonyl (C=O) groups excluding carboxylic acids is 1. The van der Waals surface area contributed by atoms with E-state index in [0.717, 1.165) is 22.6 Å². The van der Waals surface area contributed by atoms with Gasteiger partial charge in [-0.05, 0) is 43.3 Å². The number of para-hydroxylation sites is 3. The number of nitrogens with one attached hydrogen (secondary N) is 1. The lowest BCUT2D eigenvalue weighted by atomic mass is 10.2. The Morgan fingerprint density at radius 1 is 1.03 bits per heavy atom. The van der Waals surface area contributed by atoms with E-state index in [0.29, 0.717) is 18.8 Å². The molecule has 29 heavy (non-hydrogen) atoms. The molecule has 4 aromatic rings. The van der Waals surface area contributed by atoms with Gasteiger partial charge in [0.2, 0.25) is 0 Å². The highest BCUT2D eigenvalue weighted by atomic mass is 16.5. The number of fused-ring (bicyclic) bond motifs is 1. The molecule has 0 aliphatic heterocycles. The van der Waals surface area contributed by atoms with Crippen molar-refractivity contribution in [2.75, 3.05) is 6.61 Å². The van der Waals surface area contributed by atoms with E-state index in [1.807, 2.05) is 61.5 Å². The van der Waals surface area contributed by atoms with Crippen molar-refractivity contribution in [2.24, 2.45) is 0 Å². The predicted molar refractivity (Wildman–Crippen MR) is 112 cm³/mol. The number of ether oxygens (including phenoxy) is 1. The second kappa shape index (κ2) is 8.56. The van der Waals surface area contributed by atoms with Gasteiger partial charge in [0.1, 0.15) is 23.9 Å². The summed E-state index contributed by atoms with van der Waals surface area (Å²) in [5.41, 5.74) is 2.29. The summed E-state index contributed by atoms with van der Waals surface area (Å²) in [6.45, 7) is 3.05. The molecule has 6 nitrogen and oxygen atoms in total. The van der Waals surface area contributed by atoms with Gasteiger partial charge in [0.25, 0.3) is 5.91 Å². The summed E-state index contributed by atoms with van der Waals surface area (Å²) in [5, 5.41) is 3.00. The third kappa shape index (κ3) is 4.27. The number of carbonyl (C=O) groups is 1. The van der Waals surface area contributed by atoms with Crippen molar-refractivity contribution in [3.05, 3.63) is 90.5 Å². The molecule has 1 N–H and O–H groups in total. The number of imidazole rings is 1. The van der Waals surface area contributed by atoms with E-state index in [1.165, 1.54) is 0 Å². The number of pyridine rings is 1. The van der Waals surface area contributed by atoms with E-state index in [4.69, 9.17) is 9.72 Å². The van der Waals surface area contributed by atoms with Crippen LogP contribution in [-0.4, -0.2) is 27.0 Å². The third-order valence-electron chi connectivity index (χ3n) is 4.64. The number of nitrogens with zero attached hydrogens (tertiary/aromatic N) is 3. The van der Waals surface area contributed by atoms with Gasteiger partial charge in [-0.3, -0.25) is 9.78 Å². The van der Waals surface area contributed by atoms with E-state index in [-0.39, 0.29) is 11.9 Å². The average Bonchev–Trinajstić information content (AvgIpc) is 3.14. The van der Waals surface area contributed by atoms with Gasteiger partial charge >= 0.3 is 0 Å². The molecule has 0 radical (unpaired) electrons. The number of benzene rings is 2. The first-order chi connectivity index (χ1) is 14.2. The lowest BCUT2D eigenvalue weighted by Gasteiger charge is -2.16. The van der Waals surface area contributed by atoms with Gasteiger partial charge in [0.15, 0.2) is 0 Å². The van der Waals surface area contributed by atoms with Crippen molar-refractivity contribution in [3.8, 4) is 5.75 Å². The number of aromatic nitrogens is 3. The van der Waals surface area contributed by atoms with Crippen molar-refractivity contribution in [2.45, 2.75) is 19.5 Å². The van der Waals surface area contributed by atoms with Gasteiger partial charge in [0, 0.05) is 6.20 Å². The molecule has 1 amide bonds. The highest BCUT2D eigenvalue weighted by Crippen LogP contribution is 2.21. The molecule has 0 fully saturated rings. The first kappa shape index (κ1) is 18.7. The fraction of sp³-hybridized carbons (Fsp3) is 0.174. The summed E-state index contributed by atoms with van der Waals surface area (Å²) in [4.78, 5) is 21.4. The Morgan fingerprint density at radius 3 is 2.59 bits per heavy atom. The van der Waals surface area contributed by atoms with Gasteiger partial charge in [-0.15, -0.1) is 0 Å². The SMILES string of the molecule is CC(NC(=O)c1ccccn1)c1nc2ccccc2n1CCOc1ccccc1. The Balaban J connectivity index is 1.54. The standard InChI is InChI=1S/C23H22N4O2/c1-17(25-23(28)20-12-7-8-14-24-20)22-26-19-11-5-6-13-21(19)27(22)15-16-29-18-9-3-2-4-10-18/h2-14,17H,15-16H2,1H3,(H,25,28). The number of hydrogen-bond donors (Lipinski definition) is 1. The van der Waals surface area contributed by atoms with Crippen molar-refractivity contribution < 1.29 is 9.53 Å². The first-order valence-electron chi connectivity index (χ1n) is 9.57. The minimum Gasteiger partial charge on any atom is -0.492 e. The first-order valence-corrected chi connectivity index (χ1v) is 9.57. The van der Waals surface area contributed by atoms with Crippen LogP contribution in [-0.2, 0) is 6.54 Å². The molecule has 0 aliphatic carbocycles. The molecular formula is C23H22N4O2. The second-order valence-corrected chi connectivity index (χ2v) is 6.68. The second-order valence-electron chi connectivity index (χ2n) is 6.68. The molecule has 4 rings (SSSR count). The lowest BCUT2D eigenvalue weighted by molar-refractivity contribution is 0.0932. The van der Waals surface area contributed by atoms with Gasteiger partial charge < -0.3 is 14.6 Å². The van der Waals surface area contributed by atoms with E-state index >= 15 is 0 Å². The molecule has 1 atom stereocenters. The summed E-state index contributed by atoms with van der Waals surface area (Å²) in [6, 6.07) is 22.7. The van der Waals surface area contributed by atoms with E-state index in [9.17, 15) is 4.79 Å². The fourth-order valence-corrected chi connectivity index (χ4v) is 3.26. The molecular weight excluding hydrogens is 364 g/mol. The van der Waals surface area contributed by atoms with Gasteiger partial charge in [0.05, 0.1) is 23.6 Å². The zero-order chi connectivity index (χ0) is 20.1. The smallest absolute Gasteiger partial charge is 0.270 e. The molecule has 0 spiro atoms. The van der Waals surface area contributed by atoms with Crippen LogP contribution in [0.3, 0.4) is 0 Å². The molecule has 146 valence electrons. The summed E-state index contributed by atoms with van der Waals surface area (Å²) in [6.07, 6.45) is 1.61. The lowest BCUT2D eigenvalue weighted by Crippen LogP contribution is -2.29. The van der Waals surface area contributed by atoms with Gasteiger partial charge in [-0.1, -0.05) is 36.4 Å². The summed E-state index contributed by atoms with van der Waals surface area (Å²) in [5.74, 6) is 1.39. The van der Waals surface area contributed by atoms with Crippen molar-refractivity contribution in [3.63, 3.8) is 0 Å². The van der Waals surface area contributed by atoms with E-state index < -0.39 is 0 Å². The number of rotatable bonds is 7. The van der Waals surface area contributed by atoms with Crippen LogP contribution in [0.4, 0.5) is 0 Å². The summed E-state index contributed by atoms with van der Waals surface area (Å²) >= 11 is 0. The highest BCUT2D eigenvalue weighted by molar-refractivity contribution is 5.92. The topological polar surface area (TPSA) is 69.0 Å². The maximum absolute atomic E-state index is 12.5. The van der Waals surface area contributed by atoms with Crippen molar-refractivity contribution in [1.29, 1.82) is 0 Å². The van der Waals surface area contributed by atoms with Crippen LogP contribution in [0.5, 0.6) is 5.75 Å². The van der Waals surface area contributed by atoms with Crippen LogP contribution in [0, 0.1) is 0 Å². The monoisotopic (exact) mass is 386 g/mol. The van der Waals surface area contributed by atoms with Crippen molar-refractivity contribution >= 4 is 16.9 Å². The van der Waals surface area contributed by atoms with Crippen LogP contribution < -0.4 is 10.1 Å². The minimum absolute atomic E-state index is 0.225.